The summed E-state index contributed by atoms with van der Waals surface area (Å²) in [6.45, 7) is 6.78. The molecule has 4 aliphatic rings. The van der Waals surface area contributed by atoms with E-state index in [2.05, 4.69) is 18.8 Å². The lowest BCUT2D eigenvalue weighted by Gasteiger charge is -2.61. The molecule has 168 valence electrons. The number of carbonyl (C=O) groups is 2. The molecule has 4 saturated carbocycles. The van der Waals surface area contributed by atoms with Gasteiger partial charge < -0.3 is 4.74 Å². The minimum atomic E-state index is -0.231. The molecule has 31 heavy (non-hydrogen) atoms. The van der Waals surface area contributed by atoms with Gasteiger partial charge in [-0.15, -0.1) is 0 Å². The van der Waals surface area contributed by atoms with Crippen LogP contribution >= 0.6 is 0 Å². The number of Topliss-reactive ketones (excluding diaryl/α,β-unsaturated/α-hetero) is 1. The van der Waals surface area contributed by atoms with Gasteiger partial charge in [0.1, 0.15) is 11.9 Å². The average molecular weight is 424 g/mol. The van der Waals surface area contributed by atoms with Gasteiger partial charge in [-0.2, -0.15) is 0 Å². The molecular formula is C27H37NO3. The van der Waals surface area contributed by atoms with Gasteiger partial charge in [0.15, 0.2) is 0 Å². The lowest BCUT2D eigenvalue weighted by molar-refractivity contribution is -0.138. The van der Waals surface area contributed by atoms with Crippen molar-refractivity contribution in [3.8, 4) is 0 Å². The van der Waals surface area contributed by atoms with Crippen LogP contribution in [0.1, 0.15) is 88.9 Å². The van der Waals surface area contributed by atoms with Crippen molar-refractivity contribution < 1.29 is 14.3 Å². The van der Waals surface area contributed by atoms with E-state index in [4.69, 9.17) is 4.74 Å². The molecule has 0 spiro atoms. The number of ether oxygens (including phenoxy) is 1. The minimum absolute atomic E-state index is 0.0322. The first-order valence-electron chi connectivity index (χ1n) is 12.4. The first-order valence-corrected chi connectivity index (χ1v) is 12.4. The first-order chi connectivity index (χ1) is 14.8. The Morgan fingerprint density at radius 2 is 1.77 bits per heavy atom. The van der Waals surface area contributed by atoms with Crippen LogP contribution in [0.4, 0.5) is 0 Å². The predicted molar refractivity (Wildman–Crippen MR) is 119 cm³/mol. The van der Waals surface area contributed by atoms with E-state index in [0.717, 1.165) is 43.4 Å². The summed E-state index contributed by atoms with van der Waals surface area (Å²) in [6, 6.07) is 3.56. The Bertz CT molecular complexity index is 853. The van der Waals surface area contributed by atoms with Gasteiger partial charge in [0.2, 0.25) is 0 Å². The summed E-state index contributed by atoms with van der Waals surface area (Å²) in [4.78, 5) is 28.9. The Morgan fingerprint density at radius 1 is 1.00 bits per heavy atom. The first kappa shape index (κ1) is 21.2. The van der Waals surface area contributed by atoms with Gasteiger partial charge in [-0.1, -0.05) is 13.8 Å². The summed E-state index contributed by atoms with van der Waals surface area (Å²) >= 11 is 0. The number of esters is 1. The Morgan fingerprint density at radius 3 is 2.52 bits per heavy atom. The summed E-state index contributed by atoms with van der Waals surface area (Å²) in [5.74, 6) is 3.38. The third-order valence-corrected chi connectivity index (χ3v) is 10.3. The van der Waals surface area contributed by atoms with E-state index < -0.39 is 0 Å². The van der Waals surface area contributed by atoms with Crippen LogP contribution < -0.4 is 0 Å². The van der Waals surface area contributed by atoms with E-state index in [1.54, 1.807) is 24.5 Å². The number of hydrogen-bond acceptors (Lipinski definition) is 4. The van der Waals surface area contributed by atoms with Crippen molar-refractivity contribution in [1.82, 2.24) is 4.98 Å². The van der Waals surface area contributed by atoms with E-state index in [-0.39, 0.29) is 23.4 Å². The maximum Gasteiger partial charge on any atom is 0.339 e. The van der Waals surface area contributed by atoms with E-state index in [0.29, 0.717) is 22.7 Å². The summed E-state index contributed by atoms with van der Waals surface area (Å²) in [5, 5.41) is 0. The summed E-state index contributed by atoms with van der Waals surface area (Å²) in [7, 11) is 0. The smallest absolute Gasteiger partial charge is 0.339 e. The van der Waals surface area contributed by atoms with Crippen molar-refractivity contribution in [2.75, 3.05) is 0 Å². The van der Waals surface area contributed by atoms with E-state index in [9.17, 15) is 9.59 Å². The normalized spacial score (nSPS) is 44.0. The highest BCUT2D eigenvalue weighted by Crippen LogP contribution is 2.67. The van der Waals surface area contributed by atoms with Crippen LogP contribution in [-0.2, 0) is 9.53 Å². The molecule has 1 heterocycles. The molecule has 0 aromatic carbocycles. The molecule has 5 rings (SSSR count). The number of aromatic nitrogens is 1. The lowest BCUT2D eigenvalue weighted by Crippen LogP contribution is -2.54. The van der Waals surface area contributed by atoms with Gasteiger partial charge in [-0.3, -0.25) is 9.78 Å². The number of hydrogen-bond donors (Lipinski definition) is 0. The summed E-state index contributed by atoms with van der Waals surface area (Å²) in [5.41, 5.74) is 1.13. The second-order valence-corrected chi connectivity index (χ2v) is 11.5. The van der Waals surface area contributed by atoms with Crippen LogP contribution in [0.15, 0.2) is 24.5 Å². The van der Waals surface area contributed by atoms with E-state index in [1.165, 1.54) is 32.1 Å². The Balaban J connectivity index is 1.28. The van der Waals surface area contributed by atoms with Crippen LogP contribution in [0.25, 0.3) is 0 Å². The molecule has 2 unspecified atom stereocenters. The number of fused-ring (bicyclic) bond motifs is 5. The van der Waals surface area contributed by atoms with Crippen LogP contribution in [0.2, 0.25) is 0 Å². The van der Waals surface area contributed by atoms with Crippen LogP contribution in [0, 0.1) is 40.4 Å². The monoisotopic (exact) mass is 423 g/mol. The fourth-order valence-electron chi connectivity index (χ4n) is 8.70. The zero-order valence-corrected chi connectivity index (χ0v) is 19.3. The Hall–Kier alpha value is -1.71. The molecule has 4 aliphatic carbocycles. The highest BCUT2D eigenvalue weighted by atomic mass is 16.5. The average Bonchev–Trinajstić information content (AvgIpc) is 3.12. The molecule has 4 heteroatoms. The van der Waals surface area contributed by atoms with Crippen LogP contribution in [0.3, 0.4) is 0 Å². The number of rotatable bonds is 3. The van der Waals surface area contributed by atoms with Gasteiger partial charge in [0.05, 0.1) is 5.56 Å². The molecular weight excluding hydrogens is 386 g/mol. The van der Waals surface area contributed by atoms with Crippen molar-refractivity contribution >= 4 is 11.8 Å². The topological polar surface area (TPSA) is 56.3 Å². The quantitative estimate of drug-likeness (QED) is 0.572. The van der Waals surface area contributed by atoms with E-state index in [1.807, 2.05) is 6.92 Å². The summed E-state index contributed by atoms with van der Waals surface area (Å²) < 4.78 is 5.92. The molecule has 4 nitrogen and oxygen atoms in total. The second-order valence-electron chi connectivity index (χ2n) is 11.5. The predicted octanol–water partition coefficient (Wildman–Crippen LogP) is 5.85. The van der Waals surface area contributed by atoms with Gasteiger partial charge in [-0.05, 0) is 111 Å². The second kappa shape index (κ2) is 7.71. The number of nitrogens with zero attached hydrogens (tertiary/aromatic N) is 1. The molecule has 4 fully saturated rings. The molecule has 0 radical (unpaired) electrons. The van der Waals surface area contributed by atoms with Gasteiger partial charge in [0, 0.05) is 18.3 Å². The van der Waals surface area contributed by atoms with Crippen LogP contribution in [-0.4, -0.2) is 22.8 Å². The number of carbonyl (C=O) groups excluding carboxylic acids is 2. The third-order valence-electron chi connectivity index (χ3n) is 10.3. The molecule has 1 aromatic rings. The number of ketones is 1. The van der Waals surface area contributed by atoms with Crippen molar-refractivity contribution in [2.24, 2.45) is 40.4 Å². The van der Waals surface area contributed by atoms with Crippen molar-refractivity contribution in [1.29, 1.82) is 0 Å². The molecule has 8 atom stereocenters. The standard InChI is InChI=1S/C27H37NO3/c1-17(29)22-8-9-23-21-7-6-19-15-20(31-25(30)18-5-4-14-28-16-18)10-12-26(19,2)24(21)11-13-27(22,23)3/h4-5,14,16,19-24H,6-13,15H2,1-3H3/t19?,20?,21-,22+,23-,24-,26-,27+/m0/s1. The molecule has 0 aliphatic heterocycles. The minimum Gasteiger partial charge on any atom is -0.459 e. The molecule has 0 amide bonds. The maximum atomic E-state index is 12.5. The lowest BCUT2D eigenvalue weighted by atomic mass is 9.44. The van der Waals surface area contributed by atoms with Gasteiger partial charge >= 0.3 is 5.97 Å². The number of pyridine rings is 1. The Kier molecular flexibility index (Phi) is 5.26. The Labute approximate surface area is 186 Å². The van der Waals surface area contributed by atoms with Crippen molar-refractivity contribution in [3.05, 3.63) is 30.1 Å². The van der Waals surface area contributed by atoms with Crippen molar-refractivity contribution in [3.63, 3.8) is 0 Å². The molecule has 1 aromatic heterocycles. The molecule has 0 bridgehead atoms. The van der Waals surface area contributed by atoms with E-state index >= 15 is 0 Å². The highest BCUT2D eigenvalue weighted by molar-refractivity contribution is 5.89. The van der Waals surface area contributed by atoms with Crippen molar-refractivity contribution in [2.45, 2.75) is 84.7 Å². The largest absolute Gasteiger partial charge is 0.459 e. The van der Waals surface area contributed by atoms with Crippen LogP contribution in [0.5, 0.6) is 0 Å². The summed E-state index contributed by atoms with van der Waals surface area (Å²) in [6.07, 6.45) is 13.8. The SMILES string of the molecule is CC(=O)[C@H]1CC[C@H]2[C@@H]3CCC4CC(OC(=O)c5cccnc5)CC[C@]4(C)[C@H]3CC[C@]12C. The zero-order valence-electron chi connectivity index (χ0n) is 19.3. The van der Waals surface area contributed by atoms with Gasteiger partial charge in [0.25, 0.3) is 0 Å². The highest BCUT2D eigenvalue weighted by Gasteiger charge is 2.60. The molecule has 0 N–H and O–H groups in total. The maximum absolute atomic E-state index is 12.5. The fraction of sp³-hybridized carbons (Fsp3) is 0.741. The zero-order chi connectivity index (χ0) is 21.8. The van der Waals surface area contributed by atoms with Gasteiger partial charge in [-0.25, -0.2) is 4.79 Å². The fourth-order valence-corrected chi connectivity index (χ4v) is 8.70. The molecule has 0 saturated heterocycles. The third kappa shape index (κ3) is 3.36.